The zero-order chi connectivity index (χ0) is 20.7. The quantitative estimate of drug-likeness (QED) is 0.362. The number of nitrogens with one attached hydrogen (secondary N) is 2. The van der Waals surface area contributed by atoms with Gasteiger partial charge < -0.3 is 19.9 Å². The number of nitrogens with zero attached hydrogens (tertiary/aromatic N) is 4. The molecule has 2 unspecified atom stereocenters. The van der Waals surface area contributed by atoms with E-state index < -0.39 is 0 Å². The Morgan fingerprint density at radius 3 is 2.76 bits per heavy atom. The molecular weight excluding hydrogens is 384 g/mol. The molecule has 164 valence electrons. The van der Waals surface area contributed by atoms with E-state index in [2.05, 4.69) is 34.0 Å². The first-order chi connectivity index (χ1) is 14.1. The number of ether oxygens (including phenoxy) is 1. The van der Waals surface area contributed by atoms with Gasteiger partial charge in [-0.1, -0.05) is 19.3 Å². The van der Waals surface area contributed by atoms with Crippen LogP contribution in [-0.4, -0.2) is 58.0 Å². The summed E-state index contributed by atoms with van der Waals surface area (Å²) >= 11 is 1.88. The number of rotatable bonds is 9. The molecule has 29 heavy (non-hydrogen) atoms. The Morgan fingerprint density at radius 2 is 2.10 bits per heavy atom. The normalized spacial score (nSPS) is 23.8. The molecule has 7 nitrogen and oxygen atoms in total. The van der Waals surface area contributed by atoms with Crippen LogP contribution in [0.2, 0.25) is 0 Å². The molecular formula is C21H38N6OS. The molecule has 0 saturated heterocycles. The molecule has 2 fully saturated rings. The Bertz CT molecular complexity index is 670. The maximum Gasteiger partial charge on any atom is 0.191 e. The van der Waals surface area contributed by atoms with Gasteiger partial charge in [-0.15, -0.1) is 10.2 Å². The van der Waals surface area contributed by atoms with Gasteiger partial charge >= 0.3 is 0 Å². The average molecular weight is 423 g/mol. The van der Waals surface area contributed by atoms with Crippen LogP contribution >= 0.6 is 11.8 Å². The summed E-state index contributed by atoms with van der Waals surface area (Å²) in [6, 6.07) is 0.437. The third-order valence-corrected chi connectivity index (χ3v) is 7.32. The summed E-state index contributed by atoms with van der Waals surface area (Å²) in [5.74, 6) is 3.86. The molecule has 0 aliphatic heterocycles. The third kappa shape index (κ3) is 5.26. The predicted molar refractivity (Wildman–Crippen MR) is 120 cm³/mol. The van der Waals surface area contributed by atoms with Gasteiger partial charge in [0.1, 0.15) is 12.4 Å². The van der Waals surface area contributed by atoms with E-state index in [4.69, 9.17) is 9.73 Å². The predicted octanol–water partition coefficient (Wildman–Crippen LogP) is 3.04. The molecule has 2 aliphatic carbocycles. The molecule has 0 radical (unpaired) electrons. The lowest BCUT2D eigenvalue weighted by Gasteiger charge is -2.58. The van der Waals surface area contributed by atoms with Crippen molar-refractivity contribution in [3.05, 3.63) is 11.6 Å². The monoisotopic (exact) mass is 422 g/mol. The summed E-state index contributed by atoms with van der Waals surface area (Å²) in [5.41, 5.74) is 0.275. The van der Waals surface area contributed by atoms with Crippen molar-refractivity contribution in [1.82, 2.24) is 25.4 Å². The largest absolute Gasteiger partial charge is 0.378 e. The van der Waals surface area contributed by atoms with Crippen LogP contribution in [0.4, 0.5) is 0 Å². The molecule has 2 aliphatic rings. The van der Waals surface area contributed by atoms with E-state index in [1.165, 1.54) is 32.1 Å². The minimum absolute atomic E-state index is 0.275. The molecule has 1 spiro atoms. The summed E-state index contributed by atoms with van der Waals surface area (Å²) in [6.45, 7) is 6.34. The standard InChI is InChI=1S/C21H38N6OS/c1-5-28-18-14-17(21(18)10-7-6-8-11-21)24-20(22-12-9-13-29-4)23-15-19-26-25-16(2)27(19)3/h17-18H,5-15H2,1-4H3,(H2,22,23,24). The highest BCUT2D eigenvalue weighted by atomic mass is 32.2. The number of aliphatic imine (C=N–C) groups is 1. The fourth-order valence-electron chi connectivity index (χ4n) is 4.75. The lowest BCUT2D eigenvalue weighted by molar-refractivity contribution is -0.145. The molecule has 2 N–H and O–H groups in total. The van der Waals surface area contributed by atoms with Crippen molar-refractivity contribution in [2.75, 3.05) is 25.2 Å². The van der Waals surface area contributed by atoms with Crippen molar-refractivity contribution in [3.63, 3.8) is 0 Å². The maximum absolute atomic E-state index is 6.12. The van der Waals surface area contributed by atoms with Gasteiger partial charge in [0.05, 0.1) is 6.10 Å². The van der Waals surface area contributed by atoms with Gasteiger partial charge in [0.25, 0.3) is 0 Å². The van der Waals surface area contributed by atoms with Crippen LogP contribution in [0.3, 0.4) is 0 Å². The molecule has 3 rings (SSSR count). The summed E-state index contributed by atoms with van der Waals surface area (Å²) in [4.78, 5) is 4.86. The average Bonchev–Trinajstić information content (AvgIpc) is 3.06. The molecule has 0 aromatic carbocycles. The Kier molecular flexibility index (Phi) is 8.24. The molecule has 1 aromatic heterocycles. The minimum atomic E-state index is 0.275. The zero-order valence-electron chi connectivity index (χ0n) is 18.5. The smallest absolute Gasteiger partial charge is 0.191 e. The molecule has 0 amide bonds. The highest BCUT2D eigenvalue weighted by molar-refractivity contribution is 7.98. The SMILES string of the molecule is CCOC1CC(NC(=NCc2nnc(C)n2C)NCCCSC)C12CCCCC2. The van der Waals surface area contributed by atoms with E-state index in [1.54, 1.807) is 0 Å². The van der Waals surface area contributed by atoms with Crippen molar-refractivity contribution >= 4 is 17.7 Å². The second kappa shape index (κ2) is 10.7. The molecule has 2 saturated carbocycles. The number of guanidine groups is 1. The topological polar surface area (TPSA) is 76.4 Å². The summed E-state index contributed by atoms with van der Waals surface area (Å²) in [5, 5.41) is 15.7. The molecule has 1 heterocycles. The van der Waals surface area contributed by atoms with Crippen molar-refractivity contribution in [3.8, 4) is 0 Å². The van der Waals surface area contributed by atoms with Crippen LogP contribution in [0.25, 0.3) is 0 Å². The number of aryl methyl sites for hydroxylation is 1. The first-order valence-electron chi connectivity index (χ1n) is 11.1. The van der Waals surface area contributed by atoms with Crippen molar-refractivity contribution < 1.29 is 4.74 Å². The minimum Gasteiger partial charge on any atom is -0.378 e. The van der Waals surface area contributed by atoms with E-state index in [-0.39, 0.29) is 5.41 Å². The summed E-state index contributed by atoms with van der Waals surface area (Å²) in [7, 11) is 1.99. The highest BCUT2D eigenvalue weighted by Gasteiger charge is 2.55. The molecule has 8 heteroatoms. The van der Waals surface area contributed by atoms with Gasteiger partial charge in [0, 0.05) is 31.7 Å². The first kappa shape index (κ1) is 22.4. The lowest BCUT2D eigenvalue weighted by atomic mass is 9.55. The summed E-state index contributed by atoms with van der Waals surface area (Å²) < 4.78 is 8.13. The fourth-order valence-corrected chi connectivity index (χ4v) is 5.18. The Morgan fingerprint density at radius 1 is 1.31 bits per heavy atom. The van der Waals surface area contributed by atoms with Crippen LogP contribution in [0.5, 0.6) is 0 Å². The van der Waals surface area contributed by atoms with Crippen molar-refractivity contribution in [1.29, 1.82) is 0 Å². The number of aromatic nitrogens is 3. The van der Waals surface area contributed by atoms with Crippen molar-refractivity contribution in [2.24, 2.45) is 17.5 Å². The van der Waals surface area contributed by atoms with Gasteiger partial charge in [-0.05, 0) is 51.5 Å². The second-order valence-electron chi connectivity index (χ2n) is 8.33. The van der Waals surface area contributed by atoms with E-state index in [1.807, 2.05) is 30.3 Å². The number of hydrogen-bond donors (Lipinski definition) is 2. The van der Waals surface area contributed by atoms with Crippen LogP contribution in [0, 0.1) is 12.3 Å². The van der Waals surface area contributed by atoms with E-state index in [0.29, 0.717) is 18.7 Å². The molecule has 0 bridgehead atoms. The van der Waals surface area contributed by atoms with Gasteiger partial charge in [0.15, 0.2) is 11.8 Å². The van der Waals surface area contributed by atoms with Crippen LogP contribution in [0.1, 0.15) is 63.5 Å². The van der Waals surface area contributed by atoms with E-state index in [9.17, 15) is 0 Å². The third-order valence-electron chi connectivity index (χ3n) is 6.63. The first-order valence-corrected chi connectivity index (χ1v) is 12.5. The maximum atomic E-state index is 6.12. The van der Waals surface area contributed by atoms with Gasteiger partial charge in [0.2, 0.25) is 0 Å². The zero-order valence-corrected chi connectivity index (χ0v) is 19.4. The fraction of sp³-hybridized carbons (Fsp3) is 0.857. The Labute approximate surface area is 179 Å². The number of thioether (sulfide) groups is 1. The van der Waals surface area contributed by atoms with Gasteiger partial charge in [-0.2, -0.15) is 11.8 Å². The van der Waals surface area contributed by atoms with Crippen LogP contribution in [-0.2, 0) is 18.3 Å². The molecule has 1 aromatic rings. The van der Waals surface area contributed by atoms with Gasteiger partial charge in [-0.3, -0.25) is 0 Å². The van der Waals surface area contributed by atoms with Crippen LogP contribution in [0.15, 0.2) is 4.99 Å². The number of hydrogen-bond acceptors (Lipinski definition) is 5. The Balaban J connectivity index is 1.68. The van der Waals surface area contributed by atoms with E-state index in [0.717, 1.165) is 49.4 Å². The lowest BCUT2D eigenvalue weighted by Crippen LogP contribution is -2.66. The van der Waals surface area contributed by atoms with E-state index >= 15 is 0 Å². The van der Waals surface area contributed by atoms with Crippen molar-refractivity contribution in [2.45, 2.75) is 77.5 Å². The molecule has 2 atom stereocenters. The highest BCUT2D eigenvalue weighted by Crippen LogP contribution is 2.53. The summed E-state index contributed by atoms with van der Waals surface area (Å²) in [6.07, 6.45) is 11.2. The van der Waals surface area contributed by atoms with Gasteiger partial charge in [-0.25, -0.2) is 4.99 Å². The van der Waals surface area contributed by atoms with Crippen LogP contribution < -0.4 is 10.6 Å². The Hall–Kier alpha value is -1.28. The second-order valence-corrected chi connectivity index (χ2v) is 9.32.